The first-order valence-electron chi connectivity index (χ1n) is 5.78. The molecule has 3 rings (SSSR count). The lowest BCUT2D eigenvalue weighted by Gasteiger charge is -2.16. The average Bonchev–Trinajstić information content (AvgIpc) is 2.71. The van der Waals surface area contributed by atoms with Gasteiger partial charge in [-0.1, -0.05) is 36.4 Å². The molecule has 0 aromatic heterocycles. The van der Waals surface area contributed by atoms with E-state index in [9.17, 15) is 4.79 Å². The van der Waals surface area contributed by atoms with E-state index in [0.717, 1.165) is 16.9 Å². The molecular weight excluding hydrogens is 224 g/mol. The zero-order chi connectivity index (χ0) is 12.5. The van der Waals surface area contributed by atoms with Crippen LogP contribution < -0.4 is 4.90 Å². The zero-order valence-corrected chi connectivity index (χ0v) is 10.00. The molecule has 0 radical (unpaired) electrons. The lowest BCUT2D eigenvalue weighted by molar-refractivity contribution is -0.111. The Morgan fingerprint density at radius 2 is 1.61 bits per heavy atom. The summed E-state index contributed by atoms with van der Waals surface area (Å²) in [4.78, 5) is 18.2. The van der Waals surface area contributed by atoms with Crippen LogP contribution in [0.2, 0.25) is 0 Å². The van der Waals surface area contributed by atoms with E-state index in [1.54, 1.807) is 11.9 Å². The van der Waals surface area contributed by atoms with Gasteiger partial charge in [-0.25, -0.2) is 0 Å². The Hall–Kier alpha value is -2.42. The van der Waals surface area contributed by atoms with E-state index < -0.39 is 0 Å². The van der Waals surface area contributed by atoms with Crippen molar-refractivity contribution in [2.75, 3.05) is 11.9 Å². The molecule has 88 valence electrons. The third-order valence-corrected chi connectivity index (χ3v) is 3.04. The number of hydrogen-bond acceptors (Lipinski definition) is 2. The Morgan fingerprint density at radius 3 is 2.33 bits per heavy atom. The first-order chi connectivity index (χ1) is 8.83. The molecule has 2 aromatic rings. The molecule has 0 N–H and O–H groups in total. The number of aliphatic imine (C=N–C) groups is 1. The fraction of sp³-hybridized carbons (Fsp3) is 0.0667. The third-order valence-electron chi connectivity index (χ3n) is 3.04. The van der Waals surface area contributed by atoms with Crippen LogP contribution in [0.1, 0.15) is 5.56 Å². The Labute approximate surface area is 105 Å². The quantitative estimate of drug-likeness (QED) is 0.749. The summed E-state index contributed by atoms with van der Waals surface area (Å²) >= 11 is 0. The number of rotatable bonds is 1. The number of anilines is 2. The summed E-state index contributed by atoms with van der Waals surface area (Å²) in [6.45, 7) is 0. The van der Waals surface area contributed by atoms with Crippen LogP contribution in [0.4, 0.5) is 11.4 Å². The number of para-hydroxylation sites is 2. The number of benzene rings is 2. The van der Waals surface area contributed by atoms with Crippen molar-refractivity contribution in [2.24, 2.45) is 4.99 Å². The van der Waals surface area contributed by atoms with Gasteiger partial charge in [0.1, 0.15) is 5.71 Å². The van der Waals surface area contributed by atoms with Gasteiger partial charge in [-0.2, -0.15) is 0 Å². The van der Waals surface area contributed by atoms with Crippen molar-refractivity contribution in [2.45, 2.75) is 0 Å². The monoisotopic (exact) mass is 236 g/mol. The van der Waals surface area contributed by atoms with Crippen LogP contribution in [0.3, 0.4) is 0 Å². The molecule has 18 heavy (non-hydrogen) atoms. The highest BCUT2D eigenvalue weighted by molar-refractivity contribution is 6.55. The first kappa shape index (κ1) is 10.7. The molecule has 1 amide bonds. The molecule has 0 unspecified atom stereocenters. The topological polar surface area (TPSA) is 32.7 Å². The number of amides is 1. The predicted octanol–water partition coefficient (Wildman–Crippen LogP) is 2.78. The molecule has 3 nitrogen and oxygen atoms in total. The van der Waals surface area contributed by atoms with Crippen LogP contribution >= 0.6 is 0 Å². The second-order valence-corrected chi connectivity index (χ2v) is 4.07. The number of nitrogens with zero attached hydrogens (tertiary/aromatic N) is 2. The number of carbonyl (C=O) groups is 1. The van der Waals surface area contributed by atoms with Gasteiger partial charge >= 0.3 is 0 Å². The molecule has 1 heterocycles. The van der Waals surface area contributed by atoms with Gasteiger partial charge in [0.25, 0.3) is 5.91 Å². The zero-order valence-electron chi connectivity index (χ0n) is 10.00. The highest BCUT2D eigenvalue weighted by atomic mass is 16.2. The molecule has 0 saturated carbocycles. The van der Waals surface area contributed by atoms with E-state index in [1.807, 2.05) is 54.6 Å². The summed E-state index contributed by atoms with van der Waals surface area (Å²) in [5, 5.41) is 0. The molecule has 1 aliphatic heterocycles. The maximum Gasteiger partial charge on any atom is 0.281 e. The van der Waals surface area contributed by atoms with Crippen molar-refractivity contribution in [3.05, 3.63) is 60.2 Å². The summed E-state index contributed by atoms with van der Waals surface area (Å²) in [5.74, 6) is -0.0649. The van der Waals surface area contributed by atoms with Gasteiger partial charge in [-0.3, -0.25) is 14.7 Å². The molecule has 0 fully saturated rings. The summed E-state index contributed by atoms with van der Waals surface area (Å²) in [7, 11) is 1.65. The Morgan fingerprint density at radius 1 is 0.944 bits per heavy atom. The van der Waals surface area contributed by atoms with Gasteiger partial charge in [0.05, 0.1) is 5.69 Å². The Bertz CT molecular complexity index is 632. The fourth-order valence-electron chi connectivity index (χ4n) is 2.25. The summed E-state index contributed by atoms with van der Waals surface area (Å²) < 4.78 is 0. The SMILES string of the molecule is C/N=C1\C(=O)N(c2ccccc2)c2ccccc21. The molecule has 0 atom stereocenters. The normalized spacial score (nSPS) is 16.2. The van der Waals surface area contributed by atoms with Crippen molar-refractivity contribution < 1.29 is 4.79 Å². The lowest BCUT2D eigenvalue weighted by atomic mass is 10.1. The predicted molar refractivity (Wildman–Crippen MR) is 72.5 cm³/mol. The van der Waals surface area contributed by atoms with Crippen molar-refractivity contribution >= 4 is 23.0 Å². The molecular formula is C15H12N2O. The van der Waals surface area contributed by atoms with Crippen molar-refractivity contribution in [1.82, 2.24) is 0 Å². The second kappa shape index (κ2) is 4.11. The highest BCUT2D eigenvalue weighted by Gasteiger charge is 2.33. The van der Waals surface area contributed by atoms with E-state index in [4.69, 9.17) is 0 Å². The van der Waals surface area contributed by atoms with Crippen molar-refractivity contribution in [3.8, 4) is 0 Å². The summed E-state index contributed by atoms with van der Waals surface area (Å²) in [6, 6.07) is 17.4. The van der Waals surface area contributed by atoms with E-state index in [2.05, 4.69) is 4.99 Å². The standard InChI is InChI=1S/C15H12N2O/c1-16-14-12-9-5-6-10-13(12)17(15(14)18)11-7-3-2-4-8-11/h2-10H,1H3/b16-14-. The molecule has 0 aliphatic carbocycles. The van der Waals surface area contributed by atoms with E-state index in [0.29, 0.717) is 5.71 Å². The second-order valence-electron chi connectivity index (χ2n) is 4.07. The van der Waals surface area contributed by atoms with E-state index >= 15 is 0 Å². The van der Waals surface area contributed by atoms with Gasteiger partial charge in [-0.05, 0) is 18.2 Å². The number of carbonyl (C=O) groups excluding carboxylic acids is 1. The largest absolute Gasteiger partial charge is 0.282 e. The van der Waals surface area contributed by atoms with E-state index in [-0.39, 0.29) is 5.91 Å². The molecule has 1 aliphatic rings. The molecule has 0 saturated heterocycles. The summed E-state index contributed by atoms with van der Waals surface area (Å²) in [6.07, 6.45) is 0. The lowest BCUT2D eigenvalue weighted by Crippen LogP contribution is -2.25. The van der Waals surface area contributed by atoms with E-state index in [1.165, 1.54) is 0 Å². The fourth-order valence-corrected chi connectivity index (χ4v) is 2.25. The maximum absolute atomic E-state index is 12.4. The Kier molecular flexibility index (Phi) is 2.45. The van der Waals surface area contributed by atoms with Crippen LogP contribution in [-0.2, 0) is 4.79 Å². The summed E-state index contributed by atoms with van der Waals surface area (Å²) in [5.41, 5.74) is 3.19. The number of hydrogen-bond donors (Lipinski definition) is 0. The highest BCUT2D eigenvalue weighted by Crippen LogP contribution is 2.35. The molecule has 2 aromatic carbocycles. The third kappa shape index (κ3) is 1.44. The van der Waals surface area contributed by atoms with Crippen LogP contribution in [0.25, 0.3) is 0 Å². The number of fused-ring (bicyclic) bond motifs is 1. The van der Waals surface area contributed by atoms with Gasteiger partial charge < -0.3 is 0 Å². The average molecular weight is 236 g/mol. The molecule has 0 bridgehead atoms. The van der Waals surface area contributed by atoms with Crippen LogP contribution in [0.5, 0.6) is 0 Å². The van der Waals surface area contributed by atoms with Crippen LogP contribution in [0, 0.1) is 0 Å². The smallest absolute Gasteiger partial charge is 0.281 e. The molecule has 0 spiro atoms. The van der Waals surface area contributed by atoms with Gasteiger partial charge in [-0.15, -0.1) is 0 Å². The minimum absolute atomic E-state index is 0.0649. The van der Waals surface area contributed by atoms with Crippen LogP contribution in [-0.4, -0.2) is 18.7 Å². The van der Waals surface area contributed by atoms with Crippen LogP contribution in [0.15, 0.2) is 59.6 Å². The minimum atomic E-state index is -0.0649. The van der Waals surface area contributed by atoms with Gasteiger partial charge in [0.15, 0.2) is 0 Å². The van der Waals surface area contributed by atoms with Gasteiger partial charge in [0, 0.05) is 18.3 Å². The minimum Gasteiger partial charge on any atom is -0.282 e. The van der Waals surface area contributed by atoms with Gasteiger partial charge in [0.2, 0.25) is 0 Å². The van der Waals surface area contributed by atoms with Crippen molar-refractivity contribution in [1.29, 1.82) is 0 Å². The molecule has 3 heteroatoms. The first-order valence-corrected chi connectivity index (χ1v) is 5.78. The van der Waals surface area contributed by atoms with Crippen molar-refractivity contribution in [3.63, 3.8) is 0 Å². The maximum atomic E-state index is 12.4. The Balaban J connectivity index is 2.21.